The van der Waals surface area contributed by atoms with Crippen LogP contribution in [0.4, 0.5) is 10.5 Å². The number of rotatable bonds is 7. The van der Waals surface area contributed by atoms with Crippen LogP contribution in [0.1, 0.15) is 5.56 Å². The first-order valence-electron chi connectivity index (χ1n) is 8.47. The summed E-state index contributed by atoms with van der Waals surface area (Å²) >= 11 is 0.689. The number of hydrogen-bond donors (Lipinski definition) is 2. The summed E-state index contributed by atoms with van der Waals surface area (Å²) in [7, 11) is 0. The average molecular weight is 412 g/mol. The monoisotopic (exact) mass is 412 g/mol. The molecule has 2 N–H and O–H groups in total. The van der Waals surface area contributed by atoms with Crippen molar-refractivity contribution in [3.8, 4) is 5.75 Å². The summed E-state index contributed by atoms with van der Waals surface area (Å²) in [5.41, 5.74) is 1.31. The number of aliphatic carboxylic acids is 1. The molecule has 2 aromatic rings. The van der Waals surface area contributed by atoms with Crippen LogP contribution in [0.3, 0.4) is 0 Å². The number of carbonyl (C=O) groups is 4. The van der Waals surface area contributed by atoms with E-state index in [2.05, 4.69) is 5.32 Å². The number of hydrogen-bond acceptors (Lipinski definition) is 6. The lowest BCUT2D eigenvalue weighted by atomic mass is 10.2. The van der Waals surface area contributed by atoms with Crippen LogP contribution in [0.5, 0.6) is 5.75 Å². The van der Waals surface area contributed by atoms with Crippen LogP contribution >= 0.6 is 11.8 Å². The summed E-state index contributed by atoms with van der Waals surface area (Å²) in [6, 6.07) is 15.6. The Morgan fingerprint density at radius 1 is 1.07 bits per heavy atom. The Morgan fingerprint density at radius 3 is 2.41 bits per heavy atom. The summed E-state index contributed by atoms with van der Waals surface area (Å²) in [6.07, 6.45) is 1.50. The Labute approximate surface area is 170 Å². The Morgan fingerprint density at radius 2 is 1.76 bits per heavy atom. The molecule has 1 aliphatic rings. The number of anilines is 1. The number of carbonyl (C=O) groups excluding carboxylic acids is 3. The number of imide groups is 1. The second kappa shape index (κ2) is 9.07. The van der Waals surface area contributed by atoms with Crippen molar-refractivity contribution < 1.29 is 29.0 Å². The molecule has 3 amide bonds. The van der Waals surface area contributed by atoms with Crippen LogP contribution in [-0.4, -0.2) is 46.2 Å². The van der Waals surface area contributed by atoms with Gasteiger partial charge in [0.2, 0.25) is 0 Å². The molecule has 1 fully saturated rings. The number of para-hydroxylation sites is 1. The molecule has 1 heterocycles. The Balaban J connectivity index is 1.57. The number of nitrogens with zero attached hydrogens (tertiary/aromatic N) is 1. The normalized spacial score (nSPS) is 14.9. The standard InChI is InChI=1S/C20H16N2O6S/c23-17(21-14-4-2-1-3-5-14)12-28-15-8-6-13(7-9-15)10-16-19(26)22(11-18(24)25)20(27)29-16/h1-10H,11-12H2,(H,21,23)(H,24,25)/b16-10+. The third kappa shape index (κ3) is 5.45. The van der Waals surface area contributed by atoms with Crippen LogP contribution < -0.4 is 10.1 Å². The number of carboxylic acids is 1. The first-order valence-corrected chi connectivity index (χ1v) is 9.29. The van der Waals surface area contributed by atoms with Gasteiger partial charge in [0.25, 0.3) is 17.1 Å². The van der Waals surface area contributed by atoms with E-state index >= 15 is 0 Å². The van der Waals surface area contributed by atoms with E-state index in [4.69, 9.17) is 9.84 Å². The smallest absolute Gasteiger partial charge is 0.323 e. The molecule has 0 aromatic heterocycles. The lowest BCUT2D eigenvalue weighted by molar-refractivity contribution is -0.140. The summed E-state index contributed by atoms with van der Waals surface area (Å²) in [5.74, 6) is -1.73. The minimum atomic E-state index is -1.26. The third-order valence-electron chi connectivity index (χ3n) is 3.77. The van der Waals surface area contributed by atoms with Crippen LogP contribution in [0.2, 0.25) is 0 Å². The third-order valence-corrected chi connectivity index (χ3v) is 4.68. The van der Waals surface area contributed by atoms with Crippen LogP contribution in [0.25, 0.3) is 6.08 Å². The molecule has 148 valence electrons. The van der Waals surface area contributed by atoms with Crippen molar-refractivity contribution >= 4 is 46.5 Å². The minimum absolute atomic E-state index is 0.146. The molecule has 0 aliphatic carbocycles. The summed E-state index contributed by atoms with van der Waals surface area (Å²) < 4.78 is 5.43. The maximum atomic E-state index is 12.1. The van der Waals surface area contributed by atoms with Gasteiger partial charge in [-0.15, -0.1) is 0 Å². The maximum Gasteiger partial charge on any atom is 0.323 e. The van der Waals surface area contributed by atoms with Gasteiger partial charge >= 0.3 is 5.97 Å². The molecule has 1 saturated heterocycles. The molecule has 3 rings (SSSR count). The molecule has 0 spiro atoms. The molecule has 2 aromatic carbocycles. The summed E-state index contributed by atoms with van der Waals surface area (Å²) in [5, 5.41) is 10.9. The highest BCUT2D eigenvalue weighted by atomic mass is 32.2. The second-order valence-electron chi connectivity index (χ2n) is 5.93. The number of carboxylic acid groups (broad SMARTS) is 1. The Bertz CT molecular complexity index is 972. The Hall–Kier alpha value is -3.59. The highest BCUT2D eigenvalue weighted by Crippen LogP contribution is 2.32. The largest absolute Gasteiger partial charge is 0.484 e. The highest BCUT2D eigenvalue weighted by Gasteiger charge is 2.36. The molecule has 8 nitrogen and oxygen atoms in total. The fourth-order valence-electron chi connectivity index (χ4n) is 2.45. The topological polar surface area (TPSA) is 113 Å². The van der Waals surface area contributed by atoms with Gasteiger partial charge in [-0.2, -0.15) is 0 Å². The molecule has 0 radical (unpaired) electrons. The Kier molecular flexibility index (Phi) is 6.30. The SMILES string of the molecule is O=C(O)CN1C(=O)S/C(=C/c2ccc(OCC(=O)Nc3ccccc3)cc2)C1=O. The van der Waals surface area contributed by atoms with Gasteiger partial charge in [0, 0.05) is 5.69 Å². The number of amides is 3. The lowest BCUT2D eigenvalue weighted by Gasteiger charge is -2.08. The van der Waals surface area contributed by atoms with E-state index in [0.717, 1.165) is 0 Å². The molecule has 9 heteroatoms. The molecular weight excluding hydrogens is 396 g/mol. The fourth-order valence-corrected chi connectivity index (χ4v) is 3.29. The van der Waals surface area contributed by atoms with Gasteiger partial charge in [0.15, 0.2) is 6.61 Å². The zero-order valence-corrected chi connectivity index (χ0v) is 15.8. The lowest BCUT2D eigenvalue weighted by Crippen LogP contribution is -2.33. The first kappa shape index (κ1) is 20.2. The van der Waals surface area contributed by atoms with E-state index < -0.39 is 23.7 Å². The van der Waals surface area contributed by atoms with Crippen LogP contribution in [-0.2, 0) is 14.4 Å². The highest BCUT2D eigenvalue weighted by molar-refractivity contribution is 8.18. The predicted molar refractivity (Wildman–Crippen MR) is 107 cm³/mol. The minimum Gasteiger partial charge on any atom is -0.484 e. The number of benzene rings is 2. The van der Waals surface area contributed by atoms with Crippen molar-refractivity contribution in [2.45, 2.75) is 0 Å². The summed E-state index contributed by atoms with van der Waals surface area (Å²) in [4.78, 5) is 47.4. The van der Waals surface area contributed by atoms with Crippen LogP contribution in [0, 0.1) is 0 Å². The van der Waals surface area contributed by atoms with Crippen molar-refractivity contribution in [3.63, 3.8) is 0 Å². The average Bonchev–Trinajstić information content (AvgIpc) is 2.95. The molecule has 0 unspecified atom stereocenters. The molecule has 0 saturated carbocycles. The predicted octanol–water partition coefficient (Wildman–Crippen LogP) is 2.83. The van der Waals surface area contributed by atoms with Gasteiger partial charge in [-0.3, -0.25) is 24.1 Å². The van der Waals surface area contributed by atoms with Gasteiger partial charge in [-0.25, -0.2) is 0 Å². The summed E-state index contributed by atoms with van der Waals surface area (Å²) in [6.45, 7) is -0.831. The first-order chi connectivity index (χ1) is 13.9. The van der Waals surface area contributed by atoms with E-state index in [1.54, 1.807) is 36.4 Å². The van der Waals surface area contributed by atoms with E-state index in [0.29, 0.717) is 33.7 Å². The van der Waals surface area contributed by atoms with E-state index in [9.17, 15) is 19.2 Å². The van der Waals surface area contributed by atoms with Crippen molar-refractivity contribution in [3.05, 3.63) is 65.1 Å². The van der Waals surface area contributed by atoms with Crippen molar-refractivity contribution in [2.75, 3.05) is 18.5 Å². The van der Waals surface area contributed by atoms with Gasteiger partial charge < -0.3 is 15.2 Å². The van der Waals surface area contributed by atoms with Crippen molar-refractivity contribution in [1.82, 2.24) is 4.90 Å². The van der Waals surface area contributed by atoms with E-state index in [1.165, 1.54) is 6.08 Å². The molecule has 0 atom stereocenters. The van der Waals surface area contributed by atoms with Crippen molar-refractivity contribution in [2.24, 2.45) is 0 Å². The fraction of sp³-hybridized carbons (Fsp3) is 0.100. The van der Waals surface area contributed by atoms with Gasteiger partial charge in [-0.05, 0) is 47.7 Å². The molecular formula is C20H16N2O6S. The van der Waals surface area contributed by atoms with Crippen LogP contribution in [0.15, 0.2) is 59.5 Å². The van der Waals surface area contributed by atoms with E-state index in [-0.39, 0.29) is 17.4 Å². The number of ether oxygens (including phenoxy) is 1. The van der Waals surface area contributed by atoms with Gasteiger partial charge in [0.1, 0.15) is 12.3 Å². The number of nitrogens with one attached hydrogen (secondary N) is 1. The number of thioether (sulfide) groups is 1. The second-order valence-corrected chi connectivity index (χ2v) is 6.93. The molecule has 1 aliphatic heterocycles. The molecule has 29 heavy (non-hydrogen) atoms. The molecule has 0 bridgehead atoms. The quantitative estimate of drug-likeness (QED) is 0.672. The van der Waals surface area contributed by atoms with Crippen molar-refractivity contribution in [1.29, 1.82) is 0 Å². The van der Waals surface area contributed by atoms with E-state index in [1.807, 2.05) is 18.2 Å². The maximum absolute atomic E-state index is 12.1. The van der Waals surface area contributed by atoms with Gasteiger partial charge in [-0.1, -0.05) is 30.3 Å². The zero-order valence-electron chi connectivity index (χ0n) is 15.0. The zero-order chi connectivity index (χ0) is 20.8. The van der Waals surface area contributed by atoms with Gasteiger partial charge in [0.05, 0.1) is 4.91 Å².